The molecule has 2 aliphatic heterocycles. The van der Waals surface area contributed by atoms with Crippen molar-refractivity contribution in [1.82, 2.24) is 20.7 Å². The van der Waals surface area contributed by atoms with Gasteiger partial charge in [0.1, 0.15) is 6.04 Å². The number of carbonyl (C=O) groups excluding carboxylic acids is 1. The Labute approximate surface area is 126 Å². The Morgan fingerprint density at radius 3 is 2.57 bits per heavy atom. The smallest absolute Gasteiger partial charge is 0.241 e. The minimum Gasteiger partial charge on any atom is -0.339 e. The molecular formula is C16H24N4O. The largest absolute Gasteiger partial charge is 0.339 e. The zero-order valence-electron chi connectivity index (χ0n) is 12.8. The lowest BCUT2D eigenvalue weighted by Crippen LogP contribution is -2.52. The summed E-state index contributed by atoms with van der Waals surface area (Å²) in [4.78, 5) is 16.8. The average molecular weight is 288 g/mol. The molecular weight excluding hydrogens is 264 g/mol. The van der Waals surface area contributed by atoms with Gasteiger partial charge in [-0.3, -0.25) is 4.79 Å². The number of hydrogen-bond donors (Lipinski definition) is 2. The van der Waals surface area contributed by atoms with E-state index in [0.29, 0.717) is 0 Å². The van der Waals surface area contributed by atoms with E-state index in [0.717, 1.165) is 32.6 Å². The van der Waals surface area contributed by atoms with Gasteiger partial charge >= 0.3 is 0 Å². The summed E-state index contributed by atoms with van der Waals surface area (Å²) in [6.45, 7) is 5.72. The molecule has 114 valence electrons. The molecule has 0 bridgehead atoms. The van der Waals surface area contributed by atoms with Gasteiger partial charge < -0.3 is 9.80 Å². The summed E-state index contributed by atoms with van der Waals surface area (Å²) in [5.74, 6) is 0.228. The van der Waals surface area contributed by atoms with Crippen LogP contribution >= 0.6 is 0 Å². The molecule has 5 nitrogen and oxygen atoms in total. The van der Waals surface area contributed by atoms with Gasteiger partial charge in [0.05, 0.1) is 0 Å². The Kier molecular flexibility index (Phi) is 4.24. The molecule has 0 radical (unpaired) electrons. The van der Waals surface area contributed by atoms with Gasteiger partial charge in [0.2, 0.25) is 5.91 Å². The molecule has 1 aromatic carbocycles. The van der Waals surface area contributed by atoms with E-state index in [9.17, 15) is 4.79 Å². The third-order valence-corrected chi connectivity index (χ3v) is 4.58. The highest BCUT2D eigenvalue weighted by Crippen LogP contribution is 2.25. The average Bonchev–Trinajstić information content (AvgIpc) is 2.97. The number of amides is 1. The molecule has 2 unspecified atom stereocenters. The number of hydrazine groups is 1. The lowest BCUT2D eigenvalue weighted by atomic mass is 9.97. The van der Waals surface area contributed by atoms with Crippen LogP contribution in [0.4, 0.5) is 0 Å². The van der Waals surface area contributed by atoms with Gasteiger partial charge in [-0.2, -0.15) is 0 Å². The number of nitrogens with zero attached hydrogens (tertiary/aromatic N) is 2. The van der Waals surface area contributed by atoms with E-state index >= 15 is 0 Å². The Morgan fingerprint density at radius 2 is 1.86 bits per heavy atom. The van der Waals surface area contributed by atoms with E-state index in [1.807, 2.05) is 11.0 Å². The number of likely N-dealkylation sites (N-methyl/N-ethyl adjacent to an activating group) is 1. The number of piperazine rings is 1. The van der Waals surface area contributed by atoms with Crippen molar-refractivity contribution in [2.75, 3.05) is 33.2 Å². The van der Waals surface area contributed by atoms with Gasteiger partial charge in [-0.25, -0.2) is 10.9 Å². The summed E-state index contributed by atoms with van der Waals surface area (Å²) in [7, 11) is 2.10. The van der Waals surface area contributed by atoms with Crippen LogP contribution in [0, 0.1) is 6.92 Å². The second kappa shape index (κ2) is 6.13. The lowest BCUT2D eigenvalue weighted by Gasteiger charge is -2.33. The molecule has 2 heterocycles. The molecule has 1 aromatic rings. The van der Waals surface area contributed by atoms with Crippen molar-refractivity contribution in [3.63, 3.8) is 0 Å². The first-order valence-electron chi connectivity index (χ1n) is 7.69. The molecule has 2 aliphatic rings. The Bertz CT molecular complexity index is 511. The fourth-order valence-corrected chi connectivity index (χ4v) is 3.15. The highest BCUT2D eigenvalue weighted by Gasteiger charge is 2.34. The SMILES string of the molecule is Cc1ccccc1C1CC(C(=O)N2CCN(C)CC2)NN1. The summed E-state index contributed by atoms with van der Waals surface area (Å²) in [6.07, 6.45) is 0.816. The van der Waals surface area contributed by atoms with E-state index in [-0.39, 0.29) is 18.0 Å². The molecule has 0 aliphatic carbocycles. The number of aryl methyl sites for hydroxylation is 1. The van der Waals surface area contributed by atoms with Gasteiger partial charge in [0, 0.05) is 32.2 Å². The first-order chi connectivity index (χ1) is 10.1. The van der Waals surface area contributed by atoms with Crippen LogP contribution in [0.15, 0.2) is 24.3 Å². The Balaban J connectivity index is 1.62. The summed E-state index contributed by atoms with van der Waals surface area (Å²) in [6, 6.07) is 8.46. The third-order valence-electron chi connectivity index (χ3n) is 4.58. The second-order valence-electron chi connectivity index (χ2n) is 6.11. The monoisotopic (exact) mass is 288 g/mol. The van der Waals surface area contributed by atoms with Crippen molar-refractivity contribution < 1.29 is 4.79 Å². The van der Waals surface area contributed by atoms with Gasteiger partial charge in [-0.1, -0.05) is 24.3 Å². The molecule has 2 atom stereocenters. The highest BCUT2D eigenvalue weighted by atomic mass is 16.2. The van der Waals surface area contributed by atoms with Crippen molar-refractivity contribution in [2.45, 2.75) is 25.4 Å². The van der Waals surface area contributed by atoms with E-state index < -0.39 is 0 Å². The van der Waals surface area contributed by atoms with Crippen molar-refractivity contribution in [2.24, 2.45) is 0 Å². The highest BCUT2D eigenvalue weighted by molar-refractivity contribution is 5.82. The molecule has 2 fully saturated rings. The fourth-order valence-electron chi connectivity index (χ4n) is 3.15. The van der Waals surface area contributed by atoms with E-state index in [1.54, 1.807) is 0 Å². The minimum absolute atomic E-state index is 0.113. The summed E-state index contributed by atoms with van der Waals surface area (Å²) in [5.41, 5.74) is 9.02. The van der Waals surface area contributed by atoms with Gasteiger partial charge in [0.25, 0.3) is 0 Å². The van der Waals surface area contributed by atoms with Crippen LogP contribution in [0.5, 0.6) is 0 Å². The second-order valence-corrected chi connectivity index (χ2v) is 6.11. The van der Waals surface area contributed by atoms with E-state index in [4.69, 9.17) is 0 Å². The molecule has 21 heavy (non-hydrogen) atoms. The molecule has 0 saturated carbocycles. The zero-order valence-corrected chi connectivity index (χ0v) is 12.8. The maximum absolute atomic E-state index is 12.6. The van der Waals surface area contributed by atoms with Crippen LogP contribution in [0.3, 0.4) is 0 Å². The number of rotatable bonds is 2. The van der Waals surface area contributed by atoms with Crippen LogP contribution in [-0.4, -0.2) is 55.0 Å². The van der Waals surface area contributed by atoms with Crippen LogP contribution in [0.1, 0.15) is 23.6 Å². The Hall–Kier alpha value is -1.43. The van der Waals surface area contributed by atoms with Gasteiger partial charge in [-0.15, -0.1) is 0 Å². The van der Waals surface area contributed by atoms with Gasteiger partial charge in [0.15, 0.2) is 0 Å². The molecule has 2 N–H and O–H groups in total. The summed E-state index contributed by atoms with van der Waals surface area (Å²) < 4.78 is 0. The predicted molar refractivity (Wildman–Crippen MR) is 82.7 cm³/mol. The fraction of sp³-hybridized carbons (Fsp3) is 0.562. The topological polar surface area (TPSA) is 47.6 Å². The number of nitrogens with one attached hydrogen (secondary N) is 2. The third kappa shape index (κ3) is 3.10. The maximum Gasteiger partial charge on any atom is 0.241 e. The van der Waals surface area contributed by atoms with Gasteiger partial charge in [-0.05, 0) is 31.5 Å². The maximum atomic E-state index is 12.6. The van der Waals surface area contributed by atoms with E-state index in [2.05, 4.69) is 47.9 Å². The molecule has 0 spiro atoms. The minimum atomic E-state index is -0.113. The lowest BCUT2D eigenvalue weighted by molar-refractivity contribution is -0.134. The molecule has 5 heteroatoms. The van der Waals surface area contributed by atoms with Crippen molar-refractivity contribution in [3.05, 3.63) is 35.4 Å². The predicted octanol–water partition coefficient (Wildman–Crippen LogP) is 0.677. The molecule has 1 amide bonds. The van der Waals surface area contributed by atoms with Crippen LogP contribution in [0.25, 0.3) is 0 Å². The van der Waals surface area contributed by atoms with Crippen molar-refractivity contribution >= 4 is 5.91 Å². The summed E-state index contributed by atoms with van der Waals surface area (Å²) in [5, 5.41) is 0. The van der Waals surface area contributed by atoms with Crippen molar-refractivity contribution in [3.8, 4) is 0 Å². The van der Waals surface area contributed by atoms with Crippen LogP contribution in [0.2, 0.25) is 0 Å². The summed E-state index contributed by atoms with van der Waals surface area (Å²) >= 11 is 0. The van der Waals surface area contributed by atoms with Crippen LogP contribution in [-0.2, 0) is 4.79 Å². The normalized spacial score (nSPS) is 27.0. The number of hydrogen-bond acceptors (Lipinski definition) is 4. The van der Waals surface area contributed by atoms with Crippen molar-refractivity contribution in [1.29, 1.82) is 0 Å². The molecule has 0 aromatic heterocycles. The van der Waals surface area contributed by atoms with E-state index in [1.165, 1.54) is 11.1 Å². The zero-order chi connectivity index (χ0) is 14.8. The first-order valence-corrected chi connectivity index (χ1v) is 7.69. The molecule has 2 saturated heterocycles. The quantitative estimate of drug-likeness (QED) is 0.840. The number of carbonyl (C=O) groups is 1. The molecule has 3 rings (SSSR count). The Morgan fingerprint density at radius 1 is 1.14 bits per heavy atom. The van der Waals surface area contributed by atoms with Crippen LogP contribution < -0.4 is 10.9 Å². The standard InChI is InChI=1S/C16H24N4O/c1-12-5-3-4-6-13(12)14-11-15(18-17-14)16(21)20-9-7-19(2)8-10-20/h3-6,14-15,17-18H,7-11H2,1-2H3. The first kappa shape index (κ1) is 14.5. The number of benzene rings is 1.